The molecule has 3 N–H and O–H groups in total. The molecule has 2 unspecified atom stereocenters. The number of aromatic nitrogens is 4. The molecule has 3 aromatic rings. The maximum absolute atomic E-state index is 11.5. The van der Waals surface area contributed by atoms with Crippen LogP contribution in [0.5, 0.6) is 0 Å². The summed E-state index contributed by atoms with van der Waals surface area (Å²) in [6.45, 7) is 4.10. The number of carbonyl (C=O) groups is 1. The lowest BCUT2D eigenvalue weighted by Gasteiger charge is -2.30. The van der Waals surface area contributed by atoms with Crippen LogP contribution in [0.25, 0.3) is 4.91 Å². The molecule has 1 saturated heterocycles. The highest BCUT2D eigenvalue weighted by Gasteiger charge is 2.35. The molecular formula is C24H25ClN6O2S. The number of carbonyl (C=O) groups excluding carboxylic acids is 1. The quantitative estimate of drug-likeness (QED) is 0.425. The number of hydrogen-bond donors (Lipinski definition) is 3. The Morgan fingerprint density at radius 1 is 1.29 bits per heavy atom. The van der Waals surface area contributed by atoms with Gasteiger partial charge >= 0.3 is 0 Å². The number of rotatable bonds is 8. The van der Waals surface area contributed by atoms with Gasteiger partial charge in [0.05, 0.1) is 11.5 Å². The number of anilines is 1. The van der Waals surface area contributed by atoms with Gasteiger partial charge in [-0.25, -0.2) is 4.98 Å². The van der Waals surface area contributed by atoms with Gasteiger partial charge in [-0.15, -0.1) is 22.0 Å². The summed E-state index contributed by atoms with van der Waals surface area (Å²) in [6, 6.07) is 11.8. The third-order valence-corrected chi connectivity index (χ3v) is 7.57. The number of nitrogens with zero attached hydrogens (tertiary/aromatic N) is 3. The van der Waals surface area contributed by atoms with E-state index in [0.717, 1.165) is 46.9 Å². The van der Waals surface area contributed by atoms with Crippen molar-refractivity contribution in [3.8, 4) is 0 Å². The summed E-state index contributed by atoms with van der Waals surface area (Å²) in [4.78, 5) is 20.0. The normalized spacial score (nSPS) is 19.2. The maximum Gasteiger partial charge on any atom is 0.222 e. The molecule has 1 fully saturated rings. The van der Waals surface area contributed by atoms with E-state index in [2.05, 4.69) is 30.8 Å². The average Bonchev–Trinajstić information content (AvgIpc) is 3.46. The molecule has 2 aliphatic rings. The first-order chi connectivity index (χ1) is 16.6. The Balaban J connectivity index is 1.48. The van der Waals surface area contributed by atoms with Gasteiger partial charge in [0.2, 0.25) is 5.91 Å². The predicted octanol–water partition coefficient (Wildman–Crippen LogP) is 4.38. The summed E-state index contributed by atoms with van der Waals surface area (Å²) in [6.07, 6.45) is 3.85. The van der Waals surface area contributed by atoms with Crippen LogP contribution in [0.2, 0.25) is 5.02 Å². The number of benzene rings is 1. The van der Waals surface area contributed by atoms with Crippen molar-refractivity contribution in [1.82, 2.24) is 25.5 Å². The van der Waals surface area contributed by atoms with E-state index in [1.165, 1.54) is 6.92 Å². The molecule has 10 heteroatoms. The molecule has 2 atom stereocenters. The van der Waals surface area contributed by atoms with Crippen molar-refractivity contribution in [2.45, 2.75) is 24.7 Å². The number of H-pyrrole nitrogens is 1. The Kier molecular flexibility index (Phi) is 6.96. The lowest BCUT2D eigenvalue weighted by Crippen LogP contribution is -2.44. The molecule has 176 valence electrons. The zero-order valence-corrected chi connectivity index (χ0v) is 20.2. The van der Waals surface area contributed by atoms with Crippen molar-refractivity contribution in [3.05, 3.63) is 76.5 Å². The molecule has 8 nitrogen and oxygen atoms in total. The van der Waals surface area contributed by atoms with Gasteiger partial charge in [0.1, 0.15) is 18.2 Å². The van der Waals surface area contributed by atoms with E-state index in [4.69, 9.17) is 16.3 Å². The van der Waals surface area contributed by atoms with Crippen molar-refractivity contribution in [2.75, 3.05) is 25.0 Å². The van der Waals surface area contributed by atoms with Gasteiger partial charge in [0.25, 0.3) is 0 Å². The standard InChI is InChI=1S/C24H25ClN6O2S/c1-14(32)30-21-8-17(6-7-27-21)20-9-19(23(34-20)24-28-13-29-31-24)22(33-12-15-10-26-11-15)16-2-4-18(25)5-3-16/h2-8,13,15,20,22,26H,9-12H2,1H3,(H,27,30,32)(H,28,29,31). The summed E-state index contributed by atoms with van der Waals surface area (Å²) >= 11 is 7.90. The van der Waals surface area contributed by atoms with Crippen LogP contribution in [0, 0.1) is 5.92 Å². The highest BCUT2D eigenvalue weighted by atomic mass is 35.5. The summed E-state index contributed by atoms with van der Waals surface area (Å²) < 4.78 is 6.56. The molecule has 0 aliphatic carbocycles. The number of ether oxygens (including phenoxy) is 1. The highest BCUT2D eigenvalue weighted by molar-refractivity contribution is 8.08. The fourth-order valence-corrected chi connectivity index (χ4v) is 5.63. The van der Waals surface area contributed by atoms with Crippen LogP contribution < -0.4 is 10.6 Å². The molecule has 1 aromatic carbocycles. The van der Waals surface area contributed by atoms with Crippen molar-refractivity contribution >= 4 is 40.0 Å². The minimum absolute atomic E-state index is 0.120. The SMILES string of the molecule is CC(=O)Nc1cc(C2CC(C(OCC3CNC3)c3ccc(Cl)cc3)=C(c3nnc[nH]3)S2)ccn1. The fourth-order valence-electron chi connectivity index (χ4n) is 4.12. The molecule has 0 bridgehead atoms. The van der Waals surface area contributed by atoms with E-state index >= 15 is 0 Å². The van der Waals surface area contributed by atoms with Gasteiger partial charge in [0.15, 0.2) is 5.82 Å². The molecule has 2 aliphatic heterocycles. The Hall–Kier alpha value is -2.72. The molecule has 0 saturated carbocycles. The zero-order chi connectivity index (χ0) is 23.5. The van der Waals surface area contributed by atoms with Crippen molar-refractivity contribution < 1.29 is 9.53 Å². The van der Waals surface area contributed by atoms with E-state index in [9.17, 15) is 4.79 Å². The molecule has 34 heavy (non-hydrogen) atoms. The van der Waals surface area contributed by atoms with Gasteiger partial charge in [0, 0.05) is 42.4 Å². The summed E-state index contributed by atoms with van der Waals surface area (Å²) in [5.74, 6) is 1.63. The average molecular weight is 497 g/mol. The first kappa shape index (κ1) is 23.0. The molecule has 5 rings (SSSR count). The van der Waals surface area contributed by atoms with Gasteiger partial charge in [-0.05, 0) is 47.4 Å². The number of aromatic amines is 1. The van der Waals surface area contributed by atoms with Crippen LogP contribution >= 0.6 is 23.4 Å². The Bertz CT molecular complexity index is 1180. The van der Waals surface area contributed by atoms with Gasteiger partial charge in [-0.2, -0.15) is 0 Å². The Morgan fingerprint density at radius 3 is 2.79 bits per heavy atom. The monoisotopic (exact) mass is 496 g/mol. The molecule has 4 heterocycles. The number of halogens is 1. The van der Waals surface area contributed by atoms with Crippen LogP contribution in [0.15, 0.2) is 54.5 Å². The molecule has 2 aromatic heterocycles. The van der Waals surface area contributed by atoms with E-state index in [1.54, 1.807) is 24.3 Å². The zero-order valence-electron chi connectivity index (χ0n) is 18.6. The minimum Gasteiger partial charge on any atom is -0.369 e. The minimum atomic E-state index is -0.230. The Labute approximate surface area is 206 Å². The van der Waals surface area contributed by atoms with Crippen LogP contribution in [-0.2, 0) is 9.53 Å². The summed E-state index contributed by atoms with van der Waals surface area (Å²) in [5, 5.41) is 15.2. The highest BCUT2D eigenvalue weighted by Crippen LogP contribution is 2.55. The van der Waals surface area contributed by atoms with Gasteiger partial charge in [-0.1, -0.05) is 23.7 Å². The molecular weight excluding hydrogens is 472 g/mol. The summed E-state index contributed by atoms with van der Waals surface area (Å²) in [5.41, 5.74) is 3.28. The van der Waals surface area contributed by atoms with E-state index in [0.29, 0.717) is 23.4 Å². The molecule has 1 amide bonds. The van der Waals surface area contributed by atoms with Gasteiger partial charge < -0.3 is 20.4 Å². The second kappa shape index (κ2) is 10.3. The number of pyridine rings is 1. The number of thioether (sulfide) groups is 1. The first-order valence-electron chi connectivity index (χ1n) is 11.1. The van der Waals surface area contributed by atoms with Gasteiger partial charge in [-0.3, -0.25) is 4.79 Å². The van der Waals surface area contributed by atoms with Crippen LogP contribution in [0.4, 0.5) is 5.82 Å². The first-order valence-corrected chi connectivity index (χ1v) is 12.4. The third kappa shape index (κ3) is 5.17. The number of hydrogen-bond acceptors (Lipinski definition) is 7. The number of nitrogens with one attached hydrogen (secondary N) is 3. The molecule has 0 radical (unpaired) electrons. The van der Waals surface area contributed by atoms with Crippen LogP contribution in [-0.4, -0.2) is 45.8 Å². The van der Waals surface area contributed by atoms with Crippen LogP contribution in [0.3, 0.4) is 0 Å². The largest absolute Gasteiger partial charge is 0.369 e. The number of amides is 1. The maximum atomic E-state index is 11.5. The second-order valence-electron chi connectivity index (χ2n) is 8.45. The Morgan fingerprint density at radius 2 is 2.12 bits per heavy atom. The van der Waals surface area contributed by atoms with E-state index in [1.807, 2.05) is 36.4 Å². The van der Waals surface area contributed by atoms with E-state index in [-0.39, 0.29) is 17.3 Å². The molecule has 0 spiro atoms. The lowest BCUT2D eigenvalue weighted by atomic mass is 9.94. The lowest BCUT2D eigenvalue weighted by molar-refractivity contribution is -0.114. The predicted molar refractivity (Wildman–Crippen MR) is 133 cm³/mol. The van der Waals surface area contributed by atoms with Crippen LogP contribution in [0.1, 0.15) is 41.6 Å². The summed E-state index contributed by atoms with van der Waals surface area (Å²) in [7, 11) is 0. The van der Waals surface area contributed by atoms with Crippen molar-refractivity contribution in [2.24, 2.45) is 5.92 Å². The van der Waals surface area contributed by atoms with Crippen molar-refractivity contribution in [1.29, 1.82) is 0 Å². The van der Waals surface area contributed by atoms with Crippen molar-refractivity contribution in [3.63, 3.8) is 0 Å². The van der Waals surface area contributed by atoms with E-state index < -0.39 is 0 Å². The second-order valence-corrected chi connectivity index (χ2v) is 10.1. The smallest absolute Gasteiger partial charge is 0.222 e. The fraction of sp³-hybridized carbons (Fsp3) is 0.333. The topological polar surface area (TPSA) is 105 Å². The third-order valence-electron chi connectivity index (χ3n) is 5.90.